The number of rotatable bonds is 6. The lowest BCUT2D eigenvalue weighted by Crippen LogP contribution is -2.13. The normalized spacial score (nSPS) is 10.7. The zero-order chi connectivity index (χ0) is 15.2. The van der Waals surface area contributed by atoms with Crippen molar-refractivity contribution in [2.45, 2.75) is 20.4 Å². The van der Waals surface area contributed by atoms with Crippen LogP contribution in [0.4, 0.5) is 5.69 Å². The first-order chi connectivity index (χ1) is 10.1. The molecule has 1 aromatic carbocycles. The molecule has 5 nitrogen and oxygen atoms in total. The largest absolute Gasteiger partial charge is 0.491 e. The van der Waals surface area contributed by atoms with E-state index in [0.717, 1.165) is 0 Å². The topological polar surface area (TPSA) is 77.5 Å². The summed E-state index contributed by atoms with van der Waals surface area (Å²) in [5.74, 6) is 1.39. The van der Waals surface area contributed by atoms with Gasteiger partial charge in [-0.2, -0.15) is 0 Å². The maximum atomic E-state index is 12.2. The molecule has 0 saturated carbocycles. The number of hydrogen-bond acceptors (Lipinski definition) is 4. The molecule has 2 aromatic rings. The summed E-state index contributed by atoms with van der Waals surface area (Å²) in [6, 6.07) is 8.98. The van der Waals surface area contributed by atoms with Crippen molar-refractivity contribution in [2.75, 3.05) is 11.9 Å². The Morgan fingerprint density at radius 1 is 1.38 bits per heavy atom. The van der Waals surface area contributed by atoms with Crippen molar-refractivity contribution in [3.05, 3.63) is 47.9 Å². The van der Waals surface area contributed by atoms with Crippen LogP contribution in [-0.4, -0.2) is 12.5 Å². The lowest BCUT2D eigenvalue weighted by Gasteiger charge is -2.13. The zero-order valence-corrected chi connectivity index (χ0v) is 12.3. The lowest BCUT2D eigenvalue weighted by molar-refractivity contribution is 0.102. The first-order valence-corrected chi connectivity index (χ1v) is 6.90. The molecule has 0 unspecified atom stereocenters. The van der Waals surface area contributed by atoms with Crippen molar-refractivity contribution in [1.82, 2.24) is 0 Å². The Morgan fingerprint density at radius 3 is 2.81 bits per heavy atom. The van der Waals surface area contributed by atoms with E-state index in [1.54, 1.807) is 12.1 Å². The first kappa shape index (κ1) is 15.1. The fourth-order valence-corrected chi connectivity index (χ4v) is 1.75. The maximum Gasteiger partial charge on any atom is 0.259 e. The third kappa shape index (κ3) is 4.10. The van der Waals surface area contributed by atoms with Crippen LogP contribution in [0.1, 0.15) is 30.0 Å². The van der Waals surface area contributed by atoms with Gasteiger partial charge in [0.15, 0.2) is 0 Å². The van der Waals surface area contributed by atoms with E-state index >= 15 is 0 Å². The van der Waals surface area contributed by atoms with Crippen molar-refractivity contribution in [3.63, 3.8) is 0 Å². The highest BCUT2D eigenvalue weighted by atomic mass is 16.5. The Balaban J connectivity index is 2.09. The van der Waals surface area contributed by atoms with E-state index in [1.807, 2.05) is 18.2 Å². The van der Waals surface area contributed by atoms with Crippen molar-refractivity contribution < 1.29 is 13.9 Å². The highest BCUT2D eigenvalue weighted by Crippen LogP contribution is 2.25. The van der Waals surface area contributed by atoms with E-state index < -0.39 is 0 Å². The second kappa shape index (κ2) is 6.95. The van der Waals surface area contributed by atoms with Gasteiger partial charge in [0.05, 0.1) is 24.4 Å². The molecule has 0 aliphatic carbocycles. The molecule has 5 heteroatoms. The molecule has 0 aliphatic rings. The van der Waals surface area contributed by atoms with E-state index in [2.05, 4.69) is 19.2 Å². The molecule has 0 saturated heterocycles. The van der Waals surface area contributed by atoms with Crippen molar-refractivity contribution in [1.29, 1.82) is 0 Å². The van der Waals surface area contributed by atoms with Gasteiger partial charge in [-0.3, -0.25) is 4.79 Å². The van der Waals surface area contributed by atoms with Crippen molar-refractivity contribution in [2.24, 2.45) is 11.7 Å². The van der Waals surface area contributed by atoms with Gasteiger partial charge in [-0.05, 0) is 24.1 Å². The summed E-state index contributed by atoms with van der Waals surface area (Å²) in [5.41, 5.74) is 6.54. The second-order valence-electron chi connectivity index (χ2n) is 5.16. The highest BCUT2D eigenvalue weighted by molar-refractivity contribution is 6.04. The van der Waals surface area contributed by atoms with Gasteiger partial charge in [-0.25, -0.2) is 0 Å². The summed E-state index contributed by atoms with van der Waals surface area (Å²) in [6.45, 7) is 5.00. The molecule has 1 amide bonds. The van der Waals surface area contributed by atoms with Crippen LogP contribution in [0.15, 0.2) is 41.0 Å². The average Bonchev–Trinajstić information content (AvgIpc) is 2.95. The summed E-state index contributed by atoms with van der Waals surface area (Å²) in [7, 11) is 0. The molecule has 0 atom stereocenters. The van der Waals surface area contributed by atoms with Crippen LogP contribution in [0.2, 0.25) is 0 Å². The molecule has 0 fully saturated rings. The summed E-state index contributed by atoms with van der Waals surface area (Å²) in [4.78, 5) is 12.2. The summed E-state index contributed by atoms with van der Waals surface area (Å²) in [5, 5.41) is 2.82. The van der Waals surface area contributed by atoms with Crippen molar-refractivity contribution in [3.8, 4) is 5.75 Å². The van der Waals surface area contributed by atoms with E-state index in [-0.39, 0.29) is 12.5 Å². The van der Waals surface area contributed by atoms with Gasteiger partial charge in [-0.15, -0.1) is 0 Å². The zero-order valence-electron chi connectivity index (χ0n) is 12.3. The summed E-state index contributed by atoms with van der Waals surface area (Å²) in [6.07, 6.45) is 1.40. The number of benzene rings is 1. The minimum atomic E-state index is -0.251. The van der Waals surface area contributed by atoms with Crippen LogP contribution < -0.4 is 15.8 Å². The third-order valence-corrected chi connectivity index (χ3v) is 2.82. The molecule has 21 heavy (non-hydrogen) atoms. The van der Waals surface area contributed by atoms with Gasteiger partial charge in [0.2, 0.25) is 0 Å². The van der Waals surface area contributed by atoms with Gasteiger partial charge in [0.1, 0.15) is 17.8 Å². The van der Waals surface area contributed by atoms with Crippen LogP contribution in [0.5, 0.6) is 5.75 Å². The summed E-state index contributed by atoms with van der Waals surface area (Å²) < 4.78 is 10.9. The van der Waals surface area contributed by atoms with Gasteiger partial charge in [0.25, 0.3) is 5.91 Å². The smallest absolute Gasteiger partial charge is 0.259 e. The van der Waals surface area contributed by atoms with Crippen LogP contribution in [0.3, 0.4) is 0 Å². The Bertz CT molecular complexity index is 605. The predicted molar refractivity (Wildman–Crippen MR) is 81.3 cm³/mol. The molecular formula is C16H20N2O3. The van der Waals surface area contributed by atoms with Gasteiger partial charge in [-0.1, -0.05) is 26.0 Å². The van der Waals surface area contributed by atoms with Crippen LogP contribution in [0, 0.1) is 5.92 Å². The number of hydrogen-bond donors (Lipinski definition) is 2. The number of nitrogens with one attached hydrogen (secondary N) is 1. The highest BCUT2D eigenvalue weighted by Gasteiger charge is 2.12. The molecule has 1 aromatic heterocycles. The number of anilines is 1. The third-order valence-electron chi connectivity index (χ3n) is 2.82. The number of amides is 1. The predicted octanol–water partition coefficient (Wildman–Crippen LogP) is 3.03. The van der Waals surface area contributed by atoms with Crippen LogP contribution >= 0.6 is 0 Å². The maximum absolute atomic E-state index is 12.2. The SMILES string of the molecule is CC(C)COc1ccccc1NC(=O)c1coc(CN)c1. The molecule has 1 heterocycles. The Kier molecular flexibility index (Phi) is 5.00. The Hall–Kier alpha value is -2.27. The lowest BCUT2D eigenvalue weighted by atomic mass is 10.2. The van der Waals surface area contributed by atoms with Gasteiger partial charge >= 0.3 is 0 Å². The molecule has 0 bridgehead atoms. The van der Waals surface area contributed by atoms with Crippen LogP contribution in [-0.2, 0) is 6.54 Å². The number of carbonyl (C=O) groups is 1. The molecule has 0 radical (unpaired) electrons. The molecule has 112 valence electrons. The first-order valence-electron chi connectivity index (χ1n) is 6.90. The fourth-order valence-electron chi connectivity index (χ4n) is 1.75. The van der Waals surface area contributed by atoms with E-state index in [4.69, 9.17) is 14.9 Å². The van der Waals surface area contributed by atoms with E-state index in [9.17, 15) is 4.79 Å². The fraction of sp³-hybridized carbons (Fsp3) is 0.312. The number of ether oxygens (including phenoxy) is 1. The minimum Gasteiger partial charge on any atom is -0.491 e. The summed E-state index contributed by atoms with van der Waals surface area (Å²) >= 11 is 0. The number of para-hydroxylation sites is 2. The van der Waals surface area contributed by atoms with Crippen molar-refractivity contribution >= 4 is 11.6 Å². The number of nitrogens with two attached hydrogens (primary N) is 1. The number of furan rings is 1. The average molecular weight is 288 g/mol. The Labute approximate surface area is 124 Å². The second-order valence-corrected chi connectivity index (χ2v) is 5.16. The quantitative estimate of drug-likeness (QED) is 0.856. The number of carbonyl (C=O) groups excluding carboxylic acids is 1. The Morgan fingerprint density at radius 2 is 2.14 bits per heavy atom. The monoisotopic (exact) mass is 288 g/mol. The standard InChI is InChI=1S/C16H20N2O3/c1-11(2)9-21-15-6-4-3-5-14(15)18-16(19)12-7-13(8-17)20-10-12/h3-7,10-11H,8-9,17H2,1-2H3,(H,18,19). The minimum absolute atomic E-state index is 0.251. The molecule has 2 rings (SSSR count). The van der Waals surface area contributed by atoms with Gasteiger partial charge in [0, 0.05) is 0 Å². The van der Waals surface area contributed by atoms with Crippen LogP contribution in [0.25, 0.3) is 0 Å². The molecule has 3 N–H and O–H groups in total. The molecule has 0 spiro atoms. The van der Waals surface area contributed by atoms with E-state index in [0.29, 0.717) is 35.3 Å². The molecular weight excluding hydrogens is 268 g/mol. The molecule has 0 aliphatic heterocycles. The van der Waals surface area contributed by atoms with Gasteiger partial charge < -0.3 is 20.2 Å². The van der Waals surface area contributed by atoms with E-state index in [1.165, 1.54) is 6.26 Å².